The van der Waals surface area contributed by atoms with Gasteiger partial charge in [0, 0.05) is 17.5 Å². The summed E-state index contributed by atoms with van der Waals surface area (Å²) in [4.78, 5) is 16.2. The average Bonchev–Trinajstić information content (AvgIpc) is 2.85. The van der Waals surface area contributed by atoms with Crippen LogP contribution >= 0.6 is 22.9 Å². The van der Waals surface area contributed by atoms with Crippen molar-refractivity contribution in [3.05, 3.63) is 46.5 Å². The summed E-state index contributed by atoms with van der Waals surface area (Å²) in [5, 5.41) is 2.23. The number of hydrogen-bond donors (Lipinski definition) is 1. The second-order valence-electron chi connectivity index (χ2n) is 4.61. The topological polar surface area (TPSA) is 42.0 Å². The van der Waals surface area contributed by atoms with E-state index in [2.05, 4.69) is 10.3 Å². The number of hydrogen-bond acceptors (Lipinski definition) is 3. The van der Waals surface area contributed by atoms with Crippen LogP contribution in [0.3, 0.4) is 0 Å². The van der Waals surface area contributed by atoms with Crippen LogP contribution in [0, 0.1) is 0 Å². The molecular weight excluding hydrogens is 337 g/mol. The summed E-state index contributed by atoms with van der Waals surface area (Å²) in [6, 6.07) is 5.13. The zero-order chi connectivity index (χ0) is 16.3. The first-order chi connectivity index (χ1) is 10.3. The largest absolute Gasteiger partial charge is 0.416 e. The summed E-state index contributed by atoms with van der Waals surface area (Å²) < 4.78 is 38.0. The molecule has 22 heavy (non-hydrogen) atoms. The van der Waals surface area contributed by atoms with Crippen molar-refractivity contribution in [2.75, 3.05) is 5.32 Å². The van der Waals surface area contributed by atoms with Gasteiger partial charge in [-0.3, -0.25) is 4.79 Å². The van der Waals surface area contributed by atoms with Gasteiger partial charge in [0.05, 0.1) is 5.56 Å². The molecule has 0 aliphatic rings. The zero-order valence-electron chi connectivity index (χ0n) is 11.4. The van der Waals surface area contributed by atoms with Crippen LogP contribution in [0.25, 0.3) is 0 Å². The number of nitrogens with one attached hydrogen (secondary N) is 1. The molecule has 1 amide bonds. The van der Waals surface area contributed by atoms with E-state index < -0.39 is 17.1 Å². The molecule has 0 fully saturated rings. The van der Waals surface area contributed by atoms with Crippen molar-refractivity contribution < 1.29 is 18.0 Å². The van der Waals surface area contributed by atoms with Crippen LogP contribution in [0.4, 0.5) is 18.3 Å². The van der Waals surface area contributed by atoms with Crippen molar-refractivity contribution in [3.63, 3.8) is 0 Å². The first-order valence-corrected chi connectivity index (χ1v) is 7.57. The van der Waals surface area contributed by atoms with Crippen LogP contribution in [0.2, 0.25) is 0 Å². The van der Waals surface area contributed by atoms with Crippen LogP contribution < -0.4 is 5.32 Å². The third-order valence-electron chi connectivity index (χ3n) is 2.78. The maximum absolute atomic E-state index is 12.7. The summed E-state index contributed by atoms with van der Waals surface area (Å²) in [6.07, 6.45) is -2.52. The molecule has 0 aliphatic heterocycles. The number of carbonyl (C=O) groups excluding carboxylic acids is 1. The van der Waals surface area contributed by atoms with E-state index in [9.17, 15) is 18.0 Å². The van der Waals surface area contributed by atoms with Gasteiger partial charge in [0.25, 0.3) is 0 Å². The van der Waals surface area contributed by atoms with Crippen LogP contribution in [-0.4, -0.2) is 16.3 Å². The van der Waals surface area contributed by atoms with E-state index in [0.29, 0.717) is 17.1 Å². The van der Waals surface area contributed by atoms with Gasteiger partial charge >= 0.3 is 6.18 Å². The van der Waals surface area contributed by atoms with E-state index in [1.54, 1.807) is 6.07 Å². The summed E-state index contributed by atoms with van der Waals surface area (Å²) in [7, 11) is 0. The van der Waals surface area contributed by atoms with Crippen LogP contribution in [0.1, 0.15) is 22.9 Å². The average molecular weight is 349 g/mol. The standard InChI is InChI=1S/C14H12ClF3N2OS/c1-8(15)12(21)20-13-19-7-11(22-13)6-9-3-2-4-10(5-9)14(16,17)18/h2-5,7-8H,6H2,1H3,(H,19,20,21). The Morgan fingerprint density at radius 2 is 2.18 bits per heavy atom. The molecule has 1 aromatic carbocycles. The number of nitrogens with zero attached hydrogens (tertiary/aromatic N) is 1. The molecule has 8 heteroatoms. The zero-order valence-corrected chi connectivity index (χ0v) is 13.0. The summed E-state index contributed by atoms with van der Waals surface area (Å²) >= 11 is 6.84. The number of rotatable bonds is 4. The molecule has 1 heterocycles. The number of alkyl halides is 4. The second-order valence-corrected chi connectivity index (χ2v) is 6.38. The van der Waals surface area contributed by atoms with Gasteiger partial charge in [-0.15, -0.1) is 22.9 Å². The fraction of sp³-hybridized carbons (Fsp3) is 0.286. The van der Waals surface area contributed by atoms with Gasteiger partial charge in [-0.1, -0.05) is 18.2 Å². The molecule has 0 spiro atoms. The van der Waals surface area contributed by atoms with Crippen molar-refractivity contribution in [1.82, 2.24) is 4.98 Å². The molecular formula is C14H12ClF3N2OS. The quantitative estimate of drug-likeness (QED) is 0.836. The van der Waals surface area contributed by atoms with Crippen molar-refractivity contribution >= 4 is 34.0 Å². The fourth-order valence-corrected chi connectivity index (χ4v) is 2.61. The number of anilines is 1. The molecule has 0 radical (unpaired) electrons. The maximum atomic E-state index is 12.7. The summed E-state index contributed by atoms with van der Waals surface area (Å²) in [5.74, 6) is -0.373. The lowest BCUT2D eigenvalue weighted by Crippen LogP contribution is -2.19. The van der Waals surface area contributed by atoms with Crippen molar-refractivity contribution in [1.29, 1.82) is 0 Å². The molecule has 0 saturated heterocycles. The number of halogens is 4. The Kier molecular flexibility index (Phi) is 5.08. The third-order valence-corrected chi connectivity index (χ3v) is 3.89. The minimum Gasteiger partial charge on any atom is -0.301 e. The number of carbonyl (C=O) groups is 1. The monoisotopic (exact) mass is 348 g/mol. The van der Waals surface area contributed by atoms with Crippen molar-refractivity contribution in [2.24, 2.45) is 0 Å². The molecule has 3 nitrogen and oxygen atoms in total. The predicted octanol–water partition coefficient (Wildman–Crippen LogP) is 4.32. The maximum Gasteiger partial charge on any atom is 0.416 e. The molecule has 1 atom stereocenters. The van der Waals surface area contributed by atoms with Gasteiger partial charge in [-0.25, -0.2) is 4.98 Å². The van der Waals surface area contributed by atoms with Gasteiger partial charge in [-0.2, -0.15) is 13.2 Å². The molecule has 1 N–H and O–H groups in total. The number of aromatic nitrogens is 1. The lowest BCUT2D eigenvalue weighted by atomic mass is 10.1. The first-order valence-electron chi connectivity index (χ1n) is 6.31. The van der Waals surface area contributed by atoms with E-state index in [1.807, 2.05) is 0 Å². The molecule has 118 valence electrons. The smallest absolute Gasteiger partial charge is 0.301 e. The highest BCUT2D eigenvalue weighted by atomic mass is 35.5. The third kappa shape index (κ3) is 4.45. The van der Waals surface area contributed by atoms with Crippen LogP contribution in [0.15, 0.2) is 30.5 Å². The lowest BCUT2D eigenvalue weighted by molar-refractivity contribution is -0.137. The summed E-state index contributed by atoms with van der Waals surface area (Å²) in [6.45, 7) is 1.54. The van der Waals surface area contributed by atoms with Gasteiger partial charge in [0.15, 0.2) is 5.13 Å². The molecule has 2 aromatic rings. The van der Waals surface area contributed by atoms with Gasteiger partial charge in [-0.05, 0) is 18.6 Å². The number of thiazole rings is 1. The lowest BCUT2D eigenvalue weighted by Gasteiger charge is -2.07. The molecule has 0 bridgehead atoms. The van der Waals surface area contributed by atoms with Gasteiger partial charge in [0.1, 0.15) is 5.38 Å². The Bertz CT molecular complexity index is 670. The molecule has 0 aliphatic carbocycles. The van der Waals surface area contributed by atoms with E-state index in [0.717, 1.165) is 17.0 Å². The minimum atomic E-state index is -4.36. The molecule has 2 rings (SSSR count). The Labute approximate surface area is 134 Å². The van der Waals surface area contributed by atoms with E-state index in [1.165, 1.54) is 30.5 Å². The highest BCUT2D eigenvalue weighted by Crippen LogP contribution is 2.30. The van der Waals surface area contributed by atoms with Crippen molar-refractivity contribution in [2.45, 2.75) is 24.9 Å². The SMILES string of the molecule is CC(Cl)C(=O)Nc1ncc(Cc2cccc(C(F)(F)F)c2)s1. The van der Waals surface area contributed by atoms with Crippen LogP contribution in [-0.2, 0) is 17.4 Å². The Morgan fingerprint density at radius 1 is 1.45 bits per heavy atom. The Morgan fingerprint density at radius 3 is 2.82 bits per heavy atom. The summed E-state index contributed by atoms with van der Waals surface area (Å²) in [5.41, 5.74) is -0.152. The van der Waals surface area contributed by atoms with Gasteiger partial charge < -0.3 is 5.32 Å². The van der Waals surface area contributed by atoms with Crippen LogP contribution in [0.5, 0.6) is 0 Å². The first kappa shape index (κ1) is 16.8. The molecule has 1 aromatic heterocycles. The minimum absolute atomic E-state index is 0.313. The highest BCUT2D eigenvalue weighted by Gasteiger charge is 2.30. The van der Waals surface area contributed by atoms with E-state index in [-0.39, 0.29) is 5.91 Å². The number of benzene rings is 1. The van der Waals surface area contributed by atoms with E-state index in [4.69, 9.17) is 11.6 Å². The Balaban J connectivity index is 2.09. The second kappa shape index (κ2) is 6.66. The van der Waals surface area contributed by atoms with Gasteiger partial charge in [0.2, 0.25) is 5.91 Å². The normalized spacial score (nSPS) is 13.0. The molecule has 0 saturated carbocycles. The Hall–Kier alpha value is -1.60. The highest BCUT2D eigenvalue weighted by molar-refractivity contribution is 7.15. The van der Waals surface area contributed by atoms with Crippen molar-refractivity contribution in [3.8, 4) is 0 Å². The molecule has 1 unspecified atom stereocenters. The fourth-order valence-electron chi connectivity index (χ4n) is 1.71. The van der Waals surface area contributed by atoms with E-state index >= 15 is 0 Å². The predicted molar refractivity (Wildman–Crippen MR) is 80.3 cm³/mol. The number of amides is 1.